The molecule has 1 rings (SSSR count). The molecule has 0 bridgehead atoms. The number of benzene rings is 1. The van der Waals surface area contributed by atoms with Crippen LogP contribution in [0.1, 0.15) is 42.6 Å². The summed E-state index contributed by atoms with van der Waals surface area (Å²) in [7, 11) is 1.88. The molecule has 0 aromatic heterocycles. The van der Waals surface area contributed by atoms with Gasteiger partial charge < -0.3 is 15.4 Å². The number of nitrogens with one attached hydrogen (secondary N) is 2. The minimum absolute atomic E-state index is 0.0134. The molecule has 0 atom stereocenters. The second kappa shape index (κ2) is 8.59. The van der Waals surface area contributed by atoms with Crippen LogP contribution in [0.2, 0.25) is 0 Å². The molecule has 0 aliphatic rings. The molecule has 0 radical (unpaired) electrons. The van der Waals surface area contributed by atoms with Gasteiger partial charge in [-0.15, -0.1) is 0 Å². The third-order valence-electron chi connectivity index (χ3n) is 3.07. The lowest BCUT2D eigenvalue weighted by molar-refractivity contribution is 0.0754. The Kier molecular flexibility index (Phi) is 7.09. The molecule has 0 unspecified atom stereocenters. The van der Waals surface area contributed by atoms with E-state index in [1.54, 1.807) is 0 Å². The van der Waals surface area contributed by atoms with Gasteiger partial charge in [-0.25, -0.2) is 0 Å². The predicted molar refractivity (Wildman–Crippen MR) is 83.4 cm³/mol. The number of amides is 1. The van der Waals surface area contributed by atoms with E-state index in [4.69, 9.17) is 4.74 Å². The molecule has 4 nitrogen and oxygen atoms in total. The molecule has 0 heterocycles. The lowest BCUT2D eigenvalue weighted by Crippen LogP contribution is -2.24. The molecule has 0 saturated carbocycles. The topological polar surface area (TPSA) is 50.4 Å². The summed E-state index contributed by atoms with van der Waals surface area (Å²) >= 11 is 0. The molecule has 4 heteroatoms. The third-order valence-corrected chi connectivity index (χ3v) is 3.07. The van der Waals surface area contributed by atoms with Crippen LogP contribution < -0.4 is 10.6 Å². The first kappa shape index (κ1) is 16.5. The van der Waals surface area contributed by atoms with E-state index in [0.29, 0.717) is 12.1 Å². The normalized spacial score (nSPS) is 10.7. The summed E-state index contributed by atoms with van der Waals surface area (Å²) in [6, 6.07) is 5.68. The van der Waals surface area contributed by atoms with Crippen LogP contribution in [-0.2, 0) is 4.74 Å². The van der Waals surface area contributed by atoms with Gasteiger partial charge in [0.05, 0.1) is 6.10 Å². The maximum absolute atomic E-state index is 12.0. The second-order valence-electron chi connectivity index (χ2n) is 5.16. The van der Waals surface area contributed by atoms with Gasteiger partial charge >= 0.3 is 0 Å². The maximum atomic E-state index is 12.0. The zero-order valence-corrected chi connectivity index (χ0v) is 13.0. The number of carbonyl (C=O) groups excluding carboxylic acids is 1. The van der Waals surface area contributed by atoms with Crippen molar-refractivity contribution in [2.75, 3.05) is 25.5 Å². The largest absolute Gasteiger partial charge is 0.388 e. The molecule has 0 fully saturated rings. The Morgan fingerprint density at radius 3 is 2.65 bits per heavy atom. The lowest BCUT2D eigenvalue weighted by atomic mass is 10.1. The van der Waals surface area contributed by atoms with Gasteiger partial charge in [-0.2, -0.15) is 0 Å². The molecule has 1 aromatic rings. The highest BCUT2D eigenvalue weighted by atomic mass is 16.5. The van der Waals surface area contributed by atoms with E-state index in [-0.39, 0.29) is 12.0 Å². The summed E-state index contributed by atoms with van der Waals surface area (Å²) in [5.41, 5.74) is 2.83. The first-order valence-corrected chi connectivity index (χ1v) is 7.22. The highest BCUT2D eigenvalue weighted by Gasteiger charge is 2.06. The molecule has 0 aliphatic carbocycles. The standard InChI is InChI=1S/C16H26N2O2/c1-12(2)20-10-6-5-9-18-16(19)14-7-8-15(17-4)13(3)11-14/h7-8,11-12,17H,5-6,9-10H2,1-4H3,(H,18,19). The Morgan fingerprint density at radius 1 is 1.30 bits per heavy atom. The Bertz CT molecular complexity index is 430. The van der Waals surface area contributed by atoms with Crippen LogP contribution in [0.3, 0.4) is 0 Å². The van der Waals surface area contributed by atoms with E-state index in [1.165, 1.54) is 0 Å². The third kappa shape index (κ3) is 5.61. The van der Waals surface area contributed by atoms with Crippen LogP contribution in [-0.4, -0.2) is 32.2 Å². The fourth-order valence-corrected chi connectivity index (χ4v) is 1.94. The number of unbranched alkanes of at least 4 members (excludes halogenated alkanes) is 1. The zero-order valence-electron chi connectivity index (χ0n) is 13.0. The Labute approximate surface area is 121 Å². The van der Waals surface area contributed by atoms with E-state index in [0.717, 1.165) is 30.7 Å². The molecule has 0 saturated heterocycles. The van der Waals surface area contributed by atoms with Crippen molar-refractivity contribution >= 4 is 11.6 Å². The van der Waals surface area contributed by atoms with Gasteiger partial charge in [0.1, 0.15) is 0 Å². The number of ether oxygens (including phenoxy) is 1. The summed E-state index contributed by atoms with van der Waals surface area (Å²) < 4.78 is 5.46. The predicted octanol–water partition coefficient (Wildman–Crippen LogP) is 2.97. The summed E-state index contributed by atoms with van der Waals surface area (Å²) in [5.74, 6) is -0.0134. The van der Waals surface area contributed by atoms with Crippen LogP contribution in [0.5, 0.6) is 0 Å². The van der Waals surface area contributed by atoms with E-state index in [1.807, 2.05) is 46.0 Å². The number of carbonyl (C=O) groups is 1. The van der Waals surface area contributed by atoms with Crippen molar-refractivity contribution in [2.24, 2.45) is 0 Å². The molecular weight excluding hydrogens is 252 g/mol. The van der Waals surface area contributed by atoms with Gasteiger partial charge in [0.2, 0.25) is 0 Å². The molecular formula is C16H26N2O2. The highest BCUT2D eigenvalue weighted by molar-refractivity contribution is 5.94. The van der Waals surface area contributed by atoms with Crippen molar-refractivity contribution in [1.29, 1.82) is 0 Å². The highest BCUT2D eigenvalue weighted by Crippen LogP contribution is 2.15. The van der Waals surface area contributed by atoms with E-state index < -0.39 is 0 Å². The zero-order chi connectivity index (χ0) is 15.0. The lowest BCUT2D eigenvalue weighted by Gasteiger charge is -2.09. The summed E-state index contributed by atoms with van der Waals surface area (Å²) in [6.45, 7) is 7.49. The molecule has 0 aliphatic heterocycles. The molecule has 112 valence electrons. The number of rotatable bonds is 8. The summed E-state index contributed by atoms with van der Waals surface area (Å²) in [5, 5.41) is 6.03. The van der Waals surface area contributed by atoms with Gasteiger partial charge in [0.15, 0.2) is 0 Å². The van der Waals surface area contributed by atoms with E-state index >= 15 is 0 Å². The van der Waals surface area contributed by atoms with E-state index in [2.05, 4.69) is 10.6 Å². The van der Waals surface area contributed by atoms with Crippen molar-refractivity contribution in [3.8, 4) is 0 Å². The van der Waals surface area contributed by atoms with Crippen LogP contribution in [0.15, 0.2) is 18.2 Å². The van der Waals surface area contributed by atoms with E-state index in [9.17, 15) is 4.79 Å². The Morgan fingerprint density at radius 2 is 2.05 bits per heavy atom. The Balaban J connectivity index is 2.31. The fourth-order valence-electron chi connectivity index (χ4n) is 1.94. The number of anilines is 1. The van der Waals surface area contributed by atoms with Gasteiger partial charge in [-0.3, -0.25) is 4.79 Å². The smallest absolute Gasteiger partial charge is 0.251 e. The fraction of sp³-hybridized carbons (Fsp3) is 0.562. The maximum Gasteiger partial charge on any atom is 0.251 e. The molecule has 1 aromatic carbocycles. The van der Waals surface area contributed by atoms with Crippen LogP contribution >= 0.6 is 0 Å². The minimum Gasteiger partial charge on any atom is -0.388 e. The average Bonchev–Trinajstić information content (AvgIpc) is 2.42. The van der Waals surface area contributed by atoms with Crippen molar-refractivity contribution in [3.05, 3.63) is 29.3 Å². The van der Waals surface area contributed by atoms with Gasteiger partial charge in [-0.05, 0) is 57.4 Å². The van der Waals surface area contributed by atoms with Crippen LogP contribution in [0.4, 0.5) is 5.69 Å². The van der Waals surface area contributed by atoms with Crippen molar-refractivity contribution in [1.82, 2.24) is 5.32 Å². The Hall–Kier alpha value is -1.55. The monoisotopic (exact) mass is 278 g/mol. The summed E-state index contributed by atoms with van der Waals surface area (Å²) in [4.78, 5) is 12.0. The van der Waals surface area contributed by atoms with Crippen molar-refractivity contribution in [2.45, 2.75) is 39.7 Å². The molecule has 1 amide bonds. The molecule has 20 heavy (non-hydrogen) atoms. The second-order valence-corrected chi connectivity index (χ2v) is 5.16. The first-order chi connectivity index (χ1) is 9.54. The number of hydrogen-bond acceptors (Lipinski definition) is 3. The first-order valence-electron chi connectivity index (χ1n) is 7.22. The van der Waals surface area contributed by atoms with Gasteiger partial charge in [0, 0.05) is 31.5 Å². The number of aryl methyl sites for hydroxylation is 1. The molecule has 2 N–H and O–H groups in total. The van der Waals surface area contributed by atoms with Gasteiger partial charge in [-0.1, -0.05) is 0 Å². The quantitative estimate of drug-likeness (QED) is 0.719. The average molecular weight is 278 g/mol. The summed E-state index contributed by atoms with van der Waals surface area (Å²) in [6.07, 6.45) is 2.18. The van der Waals surface area contributed by atoms with Gasteiger partial charge in [0.25, 0.3) is 5.91 Å². The van der Waals surface area contributed by atoms with Crippen LogP contribution in [0.25, 0.3) is 0 Å². The minimum atomic E-state index is -0.0134. The number of hydrogen-bond donors (Lipinski definition) is 2. The SMILES string of the molecule is CNc1ccc(C(=O)NCCCCOC(C)C)cc1C. The molecule has 0 spiro atoms. The van der Waals surface area contributed by atoms with Crippen molar-refractivity contribution < 1.29 is 9.53 Å². The van der Waals surface area contributed by atoms with Crippen molar-refractivity contribution in [3.63, 3.8) is 0 Å². The van der Waals surface area contributed by atoms with Crippen LogP contribution in [0, 0.1) is 6.92 Å².